The molecule has 0 fully saturated rings. The molecule has 0 aliphatic carbocycles. The van der Waals surface area contributed by atoms with Crippen LogP contribution in [0.15, 0.2) is 65.8 Å². The molecule has 3 aromatic rings. The van der Waals surface area contributed by atoms with Gasteiger partial charge >= 0.3 is 0 Å². The molecule has 2 aromatic carbocycles. The summed E-state index contributed by atoms with van der Waals surface area (Å²) in [6, 6.07) is 17.4. The van der Waals surface area contributed by atoms with Gasteiger partial charge in [0.25, 0.3) is 0 Å². The van der Waals surface area contributed by atoms with Gasteiger partial charge in [0, 0.05) is 5.56 Å². The van der Waals surface area contributed by atoms with Crippen LogP contribution in [0.3, 0.4) is 0 Å². The number of benzene rings is 2. The van der Waals surface area contributed by atoms with Crippen molar-refractivity contribution in [2.75, 3.05) is 11.6 Å². The summed E-state index contributed by atoms with van der Waals surface area (Å²) in [5.74, 6) is 0.912. The second-order valence-electron chi connectivity index (χ2n) is 5.44. The molecule has 24 heavy (non-hydrogen) atoms. The van der Waals surface area contributed by atoms with Crippen LogP contribution in [0.2, 0.25) is 0 Å². The maximum Gasteiger partial charge on any atom is 0.227 e. The minimum atomic E-state index is -0.0783. The number of nitrogens with one attached hydrogen (secondary N) is 1. The number of aromatic hydroxyl groups is 1. The second kappa shape index (κ2) is 6.05. The molecular weight excluding hydrogens is 320 g/mol. The molecule has 0 spiro atoms. The van der Waals surface area contributed by atoms with Crippen molar-refractivity contribution in [3.8, 4) is 5.75 Å². The first-order chi connectivity index (χ1) is 11.8. The predicted octanol–water partition coefficient (Wildman–Crippen LogP) is 3.76. The fourth-order valence-electron chi connectivity index (χ4n) is 2.81. The molecule has 2 N–H and O–H groups in total. The quantitative estimate of drug-likeness (QED) is 0.713. The molecule has 1 aliphatic rings. The number of phenols is 1. The van der Waals surface area contributed by atoms with Gasteiger partial charge in [0.05, 0.1) is 5.70 Å². The monoisotopic (exact) mass is 336 g/mol. The minimum Gasteiger partial charge on any atom is -0.507 e. The van der Waals surface area contributed by atoms with E-state index in [1.165, 1.54) is 11.8 Å². The molecule has 4 rings (SSSR count). The van der Waals surface area contributed by atoms with E-state index in [9.17, 15) is 5.11 Å². The summed E-state index contributed by atoms with van der Waals surface area (Å²) in [7, 11) is 0. The molecule has 1 unspecified atom stereocenters. The topological polar surface area (TPSA) is 63.0 Å². The van der Waals surface area contributed by atoms with Crippen LogP contribution in [0.1, 0.15) is 17.2 Å². The highest BCUT2D eigenvalue weighted by Gasteiger charge is 2.25. The number of anilines is 1. The number of thioether (sulfide) groups is 1. The van der Waals surface area contributed by atoms with Crippen molar-refractivity contribution < 1.29 is 5.11 Å². The van der Waals surface area contributed by atoms with Crippen LogP contribution < -0.4 is 5.32 Å². The van der Waals surface area contributed by atoms with Gasteiger partial charge in [-0.2, -0.15) is 4.98 Å². The minimum absolute atomic E-state index is 0.0783. The molecule has 2 heterocycles. The molecule has 1 aliphatic heterocycles. The second-order valence-corrected chi connectivity index (χ2v) is 6.22. The SMILES string of the molecule is CSc1nc2n(n1)C(c1ccccc1)C=C(c1ccccc1O)N2. The Kier molecular flexibility index (Phi) is 3.74. The molecule has 0 radical (unpaired) electrons. The van der Waals surface area contributed by atoms with E-state index in [4.69, 9.17) is 0 Å². The summed E-state index contributed by atoms with van der Waals surface area (Å²) in [6.45, 7) is 0. The Balaban J connectivity index is 1.85. The van der Waals surface area contributed by atoms with Gasteiger partial charge in [-0.25, -0.2) is 4.68 Å². The Morgan fingerprint density at radius 2 is 1.83 bits per heavy atom. The molecule has 1 atom stereocenters. The van der Waals surface area contributed by atoms with E-state index in [1.807, 2.05) is 47.3 Å². The van der Waals surface area contributed by atoms with Crippen LogP contribution in [0.4, 0.5) is 5.95 Å². The summed E-state index contributed by atoms with van der Waals surface area (Å²) < 4.78 is 1.88. The fraction of sp³-hybridized carbons (Fsp3) is 0.111. The van der Waals surface area contributed by atoms with E-state index < -0.39 is 0 Å². The molecule has 5 nitrogen and oxygen atoms in total. The number of para-hydroxylation sites is 1. The zero-order valence-electron chi connectivity index (χ0n) is 13.0. The molecule has 0 bridgehead atoms. The third-order valence-electron chi connectivity index (χ3n) is 3.96. The summed E-state index contributed by atoms with van der Waals surface area (Å²) >= 11 is 1.50. The van der Waals surface area contributed by atoms with E-state index in [2.05, 4.69) is 33.6 Å². The van der Waals surface area contributed by atoms with Gasteiger partial charge in [0.15, 0.2) is 0 Å². The Morgan fingerprint density at radius 1 is 1.08 bits per heavy atom. The van der Waals surface area contributed by atoms with Crippen molar-refractivity contribution in [1.82, 2.24) is 14.8 Å². The first-order valence-corrected chi connectivity index (χ1v) is 8.81. The molecule has 120 valence electrons. The fourth-order valence-corrected chi connectivity index (χ4v) is 3.15. The van der Waals surface area contributed by atoms with E-state index in [0.717, 1.165) is 16.8 Å². The van der Waals surface area contributed by atoms with Crippen molar-refractivity contribution in [1.29, 1.82) is 0 Å². The lowest BCUT2D eigenvalue weighted by molar-refractivity contribution is 0.473. The number of rotatable bonds is 3. The first kappa shape index (κ1) is 14.8. The largest absolute Gasteiger partial charge is 0.507 e. The van der Waals surface area contributed by atoms with Crippen molar-refractivity contribution in [2.24, 2.45) is 0 Å². The molecule has 6 heteroatoms. The summed E-state index contributed by atoms with van der Waals surface area (Å²) in [4.78, 5) is 4.53. The molecule has 1 aromatic heterocycles. The Morgan fingerprint density at radius 3 is 2.58 bits per heavy atom. The van der Waals surface area contributed by atoms with Gasteiger partial charge in [-0.15, -0.1) is 5.10 Å². The summed E-state index contributed by atoms with van der Waals surface area (Å²) in [5.41, 5.74) is 2.69. The number of aromatic nitrogens is 3. The third kappa shape index (κ3) is 2.55. The first-order valence-electron chi connectivity index (χ1n) is 7.59. The van der Waals surface area contributed by atoms with Crippen molar-refractivity contribution in [3.63, 3.8) is 0 Å². The standard InChI is InChI=1S/C18H16N4OS/c1-24-18-20-17-19-14(13-9-5-6-10-16(13)23)11-15(22(17)21-18)12-7-3-2-4-8-12/h2-11,15,23H,1H3,(H,19,20,21). The number of hydrogen-bond donors (Lipinski definition) is 2. The smallest absolute Gasteiger partial charge is 0.227 e. The van der Waals surface area contributed by atoms with Gasteiger partial charge in [-0.1, -0.05) is 54.2 Å². The lowest BCUT2D eigenvalue weighted by Crippen LogP contribution is -2.20. The van der Waals surface area contributed by atoms with Crippen molar-refractivity contribution in [2.45, 2.75) is 11.2 Å². The van der Waals surface area contributed by atoms with Crippen molar-refractivity contribution >= 4 is 23.4 Å². The van der Waals surface area contributed by atoms with Gasteiger partial charge < -0.3 is 10.4 Å². The van der Waals surface area contributed by atoms with Crippen LogP contribution in [0, 0.1) is 0 Å². The maximum absolute atomic E-state index is 10.2. The lowest BCUT2D eigenvalue weighted by atomic mass is 10.0. The van der Waals surface area contributed by atoms with Gasteiger partial charge in [-0.3, -0.25) is 0 Å². The number of fused-ring (bicyclic) bond motifs is 1. The zero-order valence-corrected chi connectivity index (χ0v) is 13.9. The summed E-state index contributed by atoms with van der Waals surface area (Å²) in [5, 5.41) is 18.8. The number of nitrogens with zero attached hydrogens (tertiary/aromatic N) is 3. The highest BCUT2D eigenvalue weighted by Crippen LogP contribution is 2.35. The normalized spacial score (nSPS) is 16.2. The number of phenolic OH excluding ortho intramolecular Hbond substituents is 1. The van der Waals surface area contributed by atoms with E-state index in [0.29, 0.717) is 11.1 Å². The average molecular weight is 336 g/mol. The molecular formula is C18H16N4OS. The van der Waals surface area contributed by atoms with Gasteiger partial charge in [0.2, 0.25) is 11.1 Å². The highest BCUT2D eigenvalue weighted by molar-refractivity contribution is 7.98. The van der Waals surface area contributed by atoms with E-state index in [-0.39, 0.29) is 11.8 Å². The summed E-state index contributed by atoms with van der Waals surface area (Å²) in [6.07, 6.45) is 4.02. The van der Waals surface area contributed by atoms with Crippen LogP contribution in [-0.2, 0) is 0 Å². The zero-order chi connectivity index (χ0) is 16.5. The van der Waals surface area contributed by atoms with E-state index >= 15 is 0 Å². The average Bonchev–Trinajstić information content (AvgIpc) is 3.05. The maximum atomic E-state index is 10.2. The van der Waals surface area contributed by atoms with Gasteiger partial charge in [0.1, 0.15) is 11.8 Å². The van der Waals surface area contributed by atoms with Gasteiger partial charge in [-0.05, 0) is 30.0 Å². The Labute approximate surface area is 144 Å². The van der Waals surface area contributed by atoms with Crippen LogP contribution >= 0.6 is 11.8 Å². The Bertz CT molecular complexity index is 904. The predicted molar refractivity (Wildman–Crippen MR) is 96.1 cm³/mol. The highest BCUT2D eigenvalue weighted by atomic mass is 32.2. The number of allylic oxidation sites excluding steroid dienone is 1. The number of hydrogen-bond acceptors (Lipinski definition) is 5. The van der Waals surface area contributed by atoms with Crippen molar-refractivity contribution in [3.05, 3.63) is 71.8 Å². The molecule has 0 saturated heterocycles. The lowest BCUT2D eigenvalue weighted by Gasteiger charge is -2.24. The van der Waals surface area contributed by atoms with Crippen LogP contribution in [0.25, 0.3) is 5.70 Å². The Hall–Kier alpha value is -2.73. The molecule has 0 amide bonds. The molecule has 0 saturated carbocycles. The third-order valence-corrected chi connectivity index (χ3v) is 4.50. The van der Waals surface area contributed by atoms with E-state index in [1.54, 1.807) is 6.07 Å². The van der Waals surface area contributed by atoms with Crippen LogP contribution in [-0.4, -0.2) is 26.1 Å². The van der Waals surface area contributed by atoms with Crippen LogP contribution in [0.5, 0.6) is 5.75 Å².